The van der Waals surface area contributed by atoms with Crippen molar-refractivity contribution in [3.63, 3.8) is 0 Å². The summed E-state index contributed by atoms with van der Waals surface area (Å²) < 4.78 is 7.03. The Balaban J connectivity index is 2.49. The van der Waals surface area contributed by atoms with Gasteiger partial charge in [-0.2, -0.15) is 0 Å². The van der Waals surface area contributed by atoms with Crippen molar-refractivity contribution in [2.24, 2.45) is 5.73 Å². The number of nitrogens with zero attached hydrogens (tertiary/aromatic N) is 3. The van der Waals surface area contributed by atoms with E-state index < -0.39 is 5.60 Å². The summed E-state index contributed by atoms with van der Waals surface area (Å²) in [5.74, 6) is -0.258. The standard InChI is InChI=1S/C11H21N5O2/c1-4-18-11(2,3)8-13-10(17)9-7-16(6-5-12)15-14-9/h7H,4-6,8,12H2,1-3H3,(H,13,17). The van der Waals surface area contributed by atoms with Crippen molar-refractivity contribution in [3.8, 4) is 0 Å². The Morgan fingerprint density at radius 2 is 2.33 bits per heavy atom. The van der Waals surface area contributed by atoms with Gasteiger partial charge >= 0.3 is 0 Å². The molecule has 18 heavy (non-hydrogen) atoms. The predicted octanol–water partition coefficient (Wildman–Crippen LogP) is -0.218. The summed E-state index contributed by atoms with van der Waals surface area (Å²) >= 11 is 0. The molecule has 102 valence electrons. The lowest BCUT2D eigenvalue weighted by Gasteiger charge is -2.24. The fourth-order valence-electron chi connectivity index (χ4n) is 1.47. The normalized spacial score (nSPS) is 11.6. The van der Waals surface area contributed by atoms with Gasteiger partial charge < -0.3 is 15.8 Å². The van der Waals surface area contributed by atoms with Crippen LogP contribution in [0.15, 0.2) is 6.20 Å². The number of nitrogens with two attached hydrogens (primary N) is 1. The average molecular weight is 255 g/mol. The number of hydrogen-bond donors (Lipinski definition) is 2. The van der Waals surface area contributed by atoms with Gasteiger partial charge in [-0.05, 0) is 20.8 Å². The molecular weight excluding hydrogens is 234 g/mol. The number of carbonyl (C=O) groups excluding carboxylic acids is 1. The Hall–Kier alpha value is -1.47. The van der Waals surface area contributed by atoms with Crippen molar-refractivity contribution in [3.05, 3.63) is 11.9 Å². The maximum atomic E-state index is 11.8. The van der Waals surface area contributed by atoms with Gasteiger partial charge in [-0.25, -0.2) is 0 Å². The minimum atomic E-state index is -0.391. The Morgan fingerprint density at radius 1 is 1.61 bits per heavy atom. The molecule has 1 rings (SSSR count). The molecule has 0 aromatic carbocycles. The van der Waals surface area contributed by atoms with Gasteiger partial charge in [0.2, 0.25) is 0 Å². The molecule has 0 saturated heterocycles. The molecule has 7 heteroatoms. The second-order valence-electron chi connectivity index (χ2n) is 4.53. The van der Waals surface area contributed by atoms with E-state index >= 15 is 0 Å². The number of carbonyl (C=O) groups is 1. The highest BCUT2D eigenvalue weighted by Crippen LogP contribution is 2.07. The molecule has 1 heterocycles. The van der Waals surface area contributed by atoms with Crippen molar-refractivity contribution < 1.29 is 9.53 Å². The number of nitrogens with one attached hydrogen (secondary N) is 1. The lowest BCUT2D eigenvalue weighted by Crippen LogP contribution is -2.40. The van der Waals surface area contributed by atoms with E-state index in [4.69, 9.17) is 10.5 Å². The molecule has 1 amide bonds. The summed E-state index contributed by atoms with van der Waals surface area (Å²) in [4.78, 5) is 11.8. The Labute approximate surface area is 107 Å². The highest BCUT2D eigenvalue weighted by atomic mass is 16.5. The lowest BCUT2D eigenvalue weighted by molar-refractivity contribution is -0.00818. The number of rotatable bonds is 7. The molecule has 3 N–H and O–H groups in total. The van der Waals surface area contributed by atoms with Crippen LogP contribution in [0.4, 0.5) is 0 Å². The first kappa shape index (κ1) is 14.6. The summed E-state index contributed by atoms with van der Waals surface area (Å²) in [5, 5.41) is 10.4. The second-order valence-corrected chi connectivity index (χ2v) is 4.53. The van der Waals surface area contributed by atoms with Crippen LogP contribution >= 0.6 is 0 Å². The average Bonchev–Trinajstić information content (AvgIpc) is 2.75. The van der Waals surface area contributed by atoms with E-state index in [2.05, 4.69) is 15.6 Å². The molecule has 0 fully saturated rings. The molecule has 0 bridgehead atoms. The molecule has 0 unspecified atom stereocenters. The van der Waals surface area contributed by atoms with Crippen LogP contribution in [-0.2, 0) is 11.3 Å². The second kappa shape index (κ2) is 6.46. The molecule has 0 radical (unpaired) electrons. The number of ether oxygens (including phenoxy) is 1. The summed E-state index contributed by atoms with van der Waals surface area (Å²) in [6.45, 7) is 7.79. The van der Waals surface area contributed by atoms with Gasteiger partial charge in [-0.3, -0.25) is 9.48 Å². The van der Waals surface area contributed by atoms with Crippen molar-refractivity contribution in [2.45, 2.75) is 32.9 Å². The molecule has 0 atom stereocenters. The van der Waals surface area contributed by atoms with E-state index in [1.807, 2.05) is 20.8 Å². The molecule has 0 aliphatic rings. The maximum Gasteiger partial charge on any atom is 0.273 e. The first-order valence-corrected chi connectivity index (χ1v) is 6.01. The van der Waals surface area contributed by atoms with Crippen LogP contribution in [0.2, 0.25) is 0 Å². The van der Waals surface area contributed by atoms with Gasteiger partial charge in [-0.15, -0.1) is 5.10 Å². The van der Waals surface area contributed by atoms with Gasteiger partial charge in [0.1, 0.15) is 0 Å². The quantitative estimate of drug-likeness (QED) is 0.702. The monoisotopic (exact) mass is 255 g/mol. The third-order valence-corrected chi connectivity index (χ3v) is 2.34. The zero-order valence-electron chi connectivity index (χ0n) is 11.1. The van der Waals surface area contributed by atoms with Crippen LogP contribution in [0.3, 0.4) is 0 Å². The SMILES string of the molecule is CCOC(C)(C)CNC(=O)c1cn(CCN)nn1. The van der Waals surface area contributed by atoms with Gasteiger partial charge in [0, 0.05) is 19.7 Å². The summed E-state index contributed by atoms with van der Waals surface area (Å²) in [5.41, 5.74) is 5.29. The largest absolute Gasteiger partial charge is 0.374 e. The van der Waals surface area contributed by atoms with E-state index in [0.717, 1.165) is 0 Å². The summed E-state index contributed by atoms with van der Waals surface area (Å²) in [7, 11) is 0. The zero-order valence-corrected chi connectivity index (χ0v) is 11.1. The van der Waals surface area contributed by atoms with Gasteiger partial charge in [0.25, 0.3) is 5.91 Å². The van der Waals surface area contributed by atoms with E-state index in [0.29, 0.717) is 26.2 Å². The topological polar surface area (TPSA) is 95.1 Å². The summed E-state index contributed by atoms with van der Waals surface area (Å²) in [6.07, 6.45) is 1.58. The molecule has 7 nitrogen and oxygen atoms in total. The van der Waals surface area contributed by atoms with E-state index in [1.165, 1.54) is 0 Å². The van der Waals surface area contributed by atoms with Gasteiger partial charge in [0.05, 0.1) is 18.3 Å². The fraction of sp³-hybridized carbons (Fsp3) is 0.727. The number of hydrogen-bond acceptors (Lipinski definition) is 5. The number of aromatic nitrogens is 3. The molecule has 0 aliphatic heterocycles. The van der Waals surface area contributed by atoms with Crippen molar-refractivity contribution in [2.75, 3.05) is 19.7 Å². The first-order valence-electron chi connectivity index (χ1n) is 6.01. The van der Waals surface area contributed by atoms with E-state index in [9.17, 15) is 4.79 Å². The van der Waals surface area contributed by atoms with Crippen LogP contribution in [-0.4, -0.2) is 46.2 Å². The predicted molar refractivity (Wildman–Crippen MR) is 67.1 cm³/mol. The third-order valence-electron chi connectivity index (χ3n) is 2.34. The first-order chi connectivity index (χ1) is 8.48. The minimum Gasteiger partial charge on any atom is -0.374 e. The lowest BCUT2D eigenvalue weighted by atomic mass is 10.1. The fourth-order valence-corrected chi connectivity index (χ4v) is 1.47. The molecule has 0 saturated carbocycles. The number of amides is 1. The molecule has 0 spiro atoms. The molecule has 0 aliphatic carbocycles. The smallest absolute Gasteiger partial charge is 0.273 e. The Bertz CT molecular complexity index is 389. The Kier molecular flexibility index (Phi) is 5.24. The third kappa shape index (κ3) is 4.42. The van der Waals surface area contributed by atoms with Crippen LogP contribution in [0.1, 0.15) is 31.3 Å². The highest BCUT2D eigenvalue weighted by molar-refractivity contribution is 5.91. The van der Waals surface area contributed by atoms with Crippen LogP contribution in [0.5, 0.6) is 0 Å². The summed E-state index contributed by atoms with van der Waals surface area (Å²) in [6, 6.07) is 0. The van der Waals surface area contributed by atoms with E-state index in [-0.39, 0.29) is 11.6 Å². The minimum absolute atomic E-state index is 0.258. The molecule has 1 aromatic rings. The maximum absolute atomic E-state index is 11.8. The van der Waals surface area contributed by atoms with Gasteiger partial charge in [-0.1, -0.05) is 5.21 Å². The zero-order chi connectivity index (χ0) is 13.6. The van der Waals surface area contributed by atoms with Crippen LogP contribution in [0.25, 0.3) is 0 Å². The van der Waals surface area contributed by atoms with Crippen LogP contribution in [0, 0.1) is 0 Å². The van der Waals surface area contributed by atoms with Crippen molar-refractivity contribution in [1.29, 1.82) is 0 Å². The highest BCUT2D eigenvalue weighted by Gasteiger charge is 2.20. The van der Waals surface area contributed by atoms with E-state index in [1.54, 1.807) is 10.9 Å². The van der Waals surface area contributed by atoms with Gasteiger partial charge in [0.15, 0.2) is 5.69 Å². The van der Waals surface area contributed by atoms with Crippen LogP contribution < -0.4 is 11.1 Å². The Morgan fingerprint density at radius 3 is 2.94 bits per heavy atom. The van der Waals surface area contributed by atoms with Crippen molar-refractivity contribution >= 4 is 5.91 Å². The molecule has 1 aromatic heterocycles. The van der Waals surface area contributed by atoms with Crippen molar-refractivity contribution in [1.82, 2.24) is 20.3 Å². The molecular formula is C11H21N5O2.